The molecule has 2 N–H and O–H groups in total. The summed E-state index contributed by atoms with van der Waals surface area (Å²) in [6.45, 7) is 0. The van der Waals surface area contributed by atoms with Gasteiger partial charge in [0.15, 0.2) is 0 Å². The van der Waals surface area contributed by atoms with Gasteiger partial charge in [-0.15, -0.1) is 0 Å². The molecule has 5 heteroatoms. The summed E-state index contributed by atoms with van der Waals surface area (Å²) in [5.41, 5.74) is 20.9. The highest BCUT2D eigenvalue weighted by molar-refractivity contribution is 6.21. The monoisotopic (exact) mass is 905 g/mol. The minimum absolute atomic E-state index is 0.857. The molecule has 71 heavy (non-hydrogen) atoms. The van der Waals surface area contributed by atoms with Crippen molar-refractivity contribution in [2.75, 3.05) is 4.90 Å². The second kappa shape index (κ2) is 16.6. The van der Waals surface area contributed by atoms with E-state index in [-0.39, 0.29) is 0 Å². The standard InChI is InChI=1S/C66H43N5/c1-6-24-42(25-7-1)55-58-47-34-16-18-36-49(47)60(67-58)56(43-26-8-2-9-27-43)62-51-38-20-22-40-53(51)64(69-62)66(71(45-30-12-4-13-31-45)46-32-14-5-15-33-46)65-54-41-23-21-39-52(54)63(70-65)57(44-28-10-3-11-29-44)61-50-37-19-17-35-48(50)59(55)68-61/h1-41,67,70H. The quantitative estimate of drug-likeness (QED) is 0.175. The topological polar surface area (TPSA) is 60.6 Å². The van der Waals surface area contributed by atoms with Crippen molar-refractivity contribution >= 4 is 60.7 Å². The number of H-pyrrole nitrogens is 2. The highest BCUT2D eigenvalue weighted by Gasteiger charge is 2.31. The van der Waals surface area contributed by atoms with Crippen LogP contribution in [0.4, 0.5) is 17.1 Å². The Morgan fingerprint density at radius 2 is 0.521 bits per heavy atom. The molecule has 0 amide bonds. The van der Waals surface area contributed by atoms with E-state index >= 15 is 0 Å². The highest BCUT2D eigenvalue weighted by atomic mass is 15.2. The van der Waals surface area contributed by atoms with Crippen LogP contribution in [-0.2, 0) is 0 Å². The van der Waals surface area contributed by atoms with Crippen LogP contribution in [0.25, 0.3) is 122 Å². The number of hydrogen-bond acceptors (Lipinski definition) is 3. The summed E-state index contributed by atoms with van der Waals surface area (Å²) in [5, 5.41) is 4.35. The van der Waals surface area contributed by atoms with Crippen molar-refractivity contribution in [2.45, 2.75) is 0 Å². The summed E-state index contributed by atoms with van der Waals surface area (Å²) < 4.78 is 0. The number of hydrogen-bond donors (Lipinski definition) is 2. The van der Waals surface area contributed by atoms with Crippen molar-refractivity contribution in [3.05, 3.63) is 249 Å². The third-order valence-corrected chi connectivity index (χ3v) is 14.1. The van der Waals surface area contributed by atoms with Crippen LogP contribution in [0.15, 0.2) is 249 Å². The Balaban J connectivity index is 1.33. The van der Waals surface area contributed by atoms with Crippen molar-refractivity contribution in [3.63, 3.8) is 0 Å². The molecule has 0 radical (unpaired) electrons. The highest BCUT2D eigenvalue weighted by Crippen LogP contribution is 2.53. The number of aromatic nitrogens is 4. The Morgan fingerprint density at radius 3 is 0.887 bits per heavy atom. The predicted octanol–water partition coefficient (Wildman–Crippen LogP) is 17.8. The maximum absolute atomic E-state index is 6.04. The van der Waals surface area contributed by atoms with E-state index in [1.54, 1.807) is 0 Å². The fourth-order valence-electron chi connectivity index (χ4n) is 11.1. The van der Waals surface area contributed by atoms with Crippen LogP contribution in [0.2, 0.25) is 0 Å². The molecule has 14 rings (SSSR count). The van der Waals surface area contributed by atoms with Gasteiger partial charge in [-0.25, -0.2) is 9.97 Å². The number of nitrogens with one attached hydrogen (secondary N) is 2. The molecule has 8 bridgehead atoms. The van der Waals surface area contributed by atoms with E-state index in [0.717, 1.165) is 139 Å². The Morgan fingerprint density at radius 1 is 0.254 bits per heavy atom. The van der Waals surface area contributed by atoms with Gasteiger partial charge in [0.05, 0.1) is 50.5 Å². The largest absolute Gasteiger partial charge is 0.353 e. The first-order chi connectivity index (χ1) is 35.3. The van der Waals surface area contributed by atoms with Gasteiger partial charge in [0, 0.05) is 71.9 Å². The Hall–Kier alpha value is -9.58. The van der Waals surface area contributed by atoms with Gasteiger partial charge >= 0.3 is 0 Å². The van der Waals surface area contributed by atoms with Crippen molar-refractivity contribution < 1.29 is 0 Å². The number of anilines is 3. The summed E-state index contributed by atoms with van der Waals surface area (Å²) >= 11 is 0. The Kier molecular flexibility index (Phi) is 9.46. The van der Waals surface area contributed by atoms with Gasteiger partial charge in [-0.05, 0) is 41.0 Å². The lowest BCUT2D eigenvalue weighted by molar-refractivity contribution is 1.27. The molecule has 9 aromatic carbocycles. The molecule has 1 aliphatic carbocycles. The van der Waals surface area contributed by atoms with Crippen LogP contribution in [0.1, 0.15) is 0 Å². The smallest absolute Gasteiger partial charge is 0.0978 e. The van der Waals surface area contributed by atoms with Gasteiger partial charge in [-0.2, -0.15) is 0 Å². The maximum atomic E-state index is 6.04. The molecule has 332 valence electrons. The zero-order valence-corrected chi connectivity index (χ0v) is 38.5. The van der Waals surface area contributed by atoms with Crippen molar-refractivity contribution in [1.29, 1.82) is 0 Å². The third kappa shape index (κ3) is 6.48. The third-order valence-electron chi connectivity index (χ3n) is 14.1. The van der Waals surface area contributed by atoms with Gasteiger partial charge in [-0.3, -0.25) is 0 Å². The molecule has 2 aromatic heterocycles. The number of aromatic amines is 2. The Labute approximate surface area is 410 Å². The first-order valence-electron chi connectivity index (χ1n) is 24.2. The number of benzene rings is 9. The van der Waals surface area contributed by atoms with Crippen LogP contribution in [0, 0.1) is 0 Å². The van der Waals surface area contributed by atoms with E-state index in [4.69, 9.17) is 9.97 Å². The number of para-hydroxylation sites is 2. The zero-order chi connectivity index (χ0) is 46.8. The maximum Gasteiger partial charge on any atom is 0.0978 e. The second-order valence-electron chi connectivity index (χ2n) is 18.1. The van der Waals surface area contributed by atoms with Gasteiger partial charge in [0.2, 0.25) is 0 Å². The van der Waals surface area contributed by atoms with Crippen LogP contribution in [0.5, 0.6) is 0 Å². The summed E-state index contributed by atoms with van der Waals surface area (Å²) in [4.78, 5) is 22.8. The van der Waals surface area contributed by atoms with Crippen molar-refractivity contribution in [3.8, 4) is 78.4 Å². The SMILES string of the molecule is c1ccc(-c2c3nc(c(-c4ccccc4)c4[nH]c(c(N(c5ccccc5)c5ccccc5)c5nc(c(-c6ccccc6)c6[nH]c2c2ccccc62)-c2ccccc2-5)c2ccccc42)-c2ccccc2-3)cc1. The molecule has 5 nitrogen and oxygen atoms in total. The molecule has 0 fully saturated rings. The fourth-order valence-corrected chi connectivity index (χ4v) is 11.1. The van der Waals surface area contributed by atoms with Gasteiger partial charge in [-0.1, -0.05) is 224 Å². The first-order valence-corrected chi connectivity index (χ1v) is 24.2. The minimum atomic E-state index is 0.857. The summed E-state index contributed by atoms with van der Waals surface area (Å²) in [6, 6.07) is 88.7. The van der Waals surface area contributed by atoms with Gasteiger partial charge in [0.1, 0.15) is 0 Å². The van der Waals surface area contributed by atoms with E-state index in [9.17, 15) is 0 Å². The zero-order valence-electron chi connectivity index (χ0n) is 38.5. The summed E-state index contributed by atoms with van der Waals surface area (Å²) in [5.74, 6) is 0. The average Bonchev–Trinajstić information content (AvgIpc) is 4.22. The molecular formula is C66H43N5. The number of rotatable bonds is 6. The van der Waals surface area contributed by atoms with Crippen LogP contribution in [0.3, 0.4) is 0 Å². The molecule has 3 aliphatic rings. The van der Waals surface area contributed by atoms with Crippen LogP contribution < -0.4 is 4.90 Å². The van der Waals surface area contributed by atoms with Gasteiger partial charge < -0.3 is 14.9 Å². The van der Waals surface area contributed by atoms with Crippen molar-refractivity contribution in [2.24, 2.45) is 0 Å². The summed E-state index contributed by atoms with van der Waals surface area (Å²) in [7, 11) is 0. The molecule has 0 atom stereocenters. The molecule has 2 aliphatic heterocycles. The molecule has 0 spiro atoms. The van der Waals surface area contributed by atoms with Crippen molar-refractivity contribution in [1.82, 2.24) is 19.9 Å². The number of nitrogens with zero attached hydrogens (tertiary/aromatic N) is 3. The van der Waals surface area contributed by atoms with Gasteiger partial charge in [0.25, 0.3) is 0 Å². The fraction of sp³-hybridized carbons (Fsp3) is 0. The summed E-state index contributed by atoms with van der Waals surface area (Å²) in [6.07, 6.45) is 0. The van der Waals surface area contributed by atoms with Crippen LogP contribution >= 0.6 is 0 Å². The van der Waals surface area contributed by atoms with E-state index in [1.165, 1.54) is 0 Å². The normalized spacial score (nSPS) is 11.7. The lowest BCUT2D eigenvalue weighted by Gasteiger charge is -2.26. The predicted molar refractivity (Wildman–Crippen MR) is 296 cm³/mol. The Bertz CT molecular complexity index is 4120. The lowest BCUT2D eigenvalue weighted by atomic mass is 9.94. The molecular weight excluding hydrogens is 863 g/mol. The molecule has 0 unspecified atom stereocenters. The van der Waals surface area contributed by atoms with E-state index in [1.807, 2.05) is 0 Å². The average molecular weight is 906 g/mol. The van der Waals surface area contributed by atoms with E-state index < -0.39 is 0 Å². The first kappa shape index (κ1) is 40.5. The molecule has 4 heterocycles. The van der Waals surface area contributed by atoms with E-state index in [2.05, 4.69) is 264 Å². The second-order valence-corrected chi connectivity index (χ2v) is 18.1. The molecule has 0 saturated carbocycles. The molecule has 11 aromatic rings. The minimum Gasteiger partial charge on any atom is -0.353 e. The lowest BCUT2D eigenvalue weighted by Crippen LogP contribution is -2.11. The van der Waals surface area contributed by atoms with Crippen LogP contribution in [-0.4, -0.2) is 19.9 Å². The van der Waals surface area contributed by atoms with E-state index in [0.29, 0.717) is 0 Å². The molecule has 0 saturated heterocycles.